The molecule has 2 heterocycles. The summed E-state index contributed by atoms with van der Waals surface area (Å²) in [7, 11) is 0. The van der Waals surface area contributed by atoms with Crippen LogP contribution in [0.1, 0.15) is 5.69 Å². The van der Waals surface area contributed by atoms with Gasteiger partial charge in [-0.1, -0.05) is 39.4 Å². The molecule has 0 radical (unpaired) electrons. The Bertz CT molecular complexity index is 1100. The van der Waals surface area contributed by atoms with Crippen molar-refractivity contribution in [1.82, 2.24) is 14.8 Å². The van der Waals surface area contributed by atoms with Gasteiger partial charge in [0.1, 0.15) is 5.82 Å². The molecule has 0 N–H and O–H groups in total. The van der Waals surface area contributed by atoms with Crippen LogP contribution in [0.25, 0.3) is 26.6 Å². The maximum Gasteiger partial charge on any atom is 0.435 e. The monoisotopic (exact) mass is 441 g/mol. The smallest absolute Gasteiger partial charge is 0.218 e. The summed E-state index contributed by atoms with van der Waals surface area (Å²) < 4.78 is 55.4. The molecule has 0 amide bonds. The first kappa shape index (κ1) is 17.2. The lowest BCUT2D eigenvalue weighted by atomic mass is 10.1. The van der Waals surface area contributed by atoms with Gasteiger partial charge in [0.2, 0.25) is 5.13 Å². The van der Waals surface area contributed by atoms with Gasteiger partial charge in [-0.15, -0.1) is 0 Å². The van der Waals surface area contributed by atoms with Crippen LogP contribution in [0, 0.1) is 5.82 Å². The molecule has 4 aromatic rings. The molecule has 0 aliphatic carbocycles. The first-order chi connectivity index (χ1) is 12.3. The molecule has 4 rings (SSSR count). The van der Waals surface area contributed by atoms with E-state index >= 15 is 0 Å². The molecular formula is C17H8BrF4N3S. The van der Waals surface area contributed by atoms with Crippen LogP contribution in [0.5, 0.6) is 0 Å². The zero-order valence-corrected chi connectivity index (χ0v) is 15.2. The third-order valence-corrected chi connectivity index (χ3v) is 5.18. The lowest BCUT2D eigenvalue weighted by Gasteiger charge is -2.04. The average Bonchev–Trinajstić information content (AvgIpc) is 3.18. The quantitative estimate of drug-likeness (QED) is 0.353. The predicted octanol–water partition coefficient (Wildman–Crippen LogP) is 6.07. The molecule has 0 bridgehead atoms. The Balaban J connectivity index is 1.93. The van der Waals surface area contributed by atoms with Crippen molar-refractivity contribution < 1.29 is 17.6 Å². The predicted molar refractivity (Wildman–Crippen MR) is 94.8 cm³/mol. The maximum atomic E-state index is 13.4. The van der Waals surface area contributed by atoms with E-state index in [2.05, 4.69) is 26.0 Å². The summed E-state index contributed by atoms with van der Waals surface area (Å²) in [6, 6.07) is 11.8. The van der Waals surface area contributed by atoms with Crippen molar-refractivity contribution in [2.75, 3.05) is 0 Å². The third kappa shape index (κ3) is 3.12. The Hall–Kier alpha value is -2.26. The largest absolute Gasteiger partial charge is 0.435 e. The van der Waals surface area contributed by atoms with Crippen molar-refractivity contribution >= 4 is 37.5 Å². The lowest BCUT2D eigenvalue weighted by molar-refractivity contribution is -0.141. The van der Waals surface area contributed by atoms with Gasteiger partial charge in [-0.3, -0.25) is 0 Å². The highest BCUT2D eigenvalue weighted by atomic mass is 79.9. The molecule has 0 aliphatic rings. The van der Waals surface area contributed by atoms with Gasteiger partial charge in [0.25, 0.3) is 0 Å². The first-order valence-corrected chi connectivity index (χ1v) is 8.92. The van der Waals surface area contributed by atoms with Crippen molar-refractivity contribution in [3.05, 3.63) is 64.5 Å². The number of fused-ring (bicyclic) bond motifs is 1. The number of nitrogens with zero attached hydrogens (tertiary/aromatic N) is 3. The van der Waals surface area contributed by atoms with E-state index in [1.54, 1.807) is 24.3 Å². The van der Waals surface area contributed by atoms with E-state index < -0.39 is 17.7 Å². The van der Waals surface area contributed by atoms with Crippen molar-refractivity contribution in [3.63, 3.8) is 0 Å². The highest BCUT2D eigenvalue weighted by Crippen LogP contribution is 2.35. The normalized spacial score (nSPS) is 12.0. The topological polar surface area (TPSA) is 30.7 Å². The average molecular weight is 442 g/mol. The van der Waals surface area contributed by atoms with E-state index in [-0.39, 0.29) is 10.8 Å². The number of rotatable bonds is 2. The Morgan fingerprint density at radius 2 is 1.73 bits per heavy atom. The van der Waals surface area contributed by atoms with Gasteiger partial charge in [-0.05, 0) is 36.4 Å². The van der Waals surface area contributed by atoms with Crippen LogP contribution in [0.2, 0.25) is 0 Å². The molecule has 0 fully saturated rings. The van der Waals surface area contributed by atoms with Crippen molar-refractivity contribution in [2.24, 2.45) is 0 Å². The number of benzene rings is 2. The van der Waals surface area contributed by atoms with Crippen molar-refractivity contribution in [3.8, 4) is 16.4 Å². The highest BCUT2D eigenvalue weighted by molar-refractivity contribution is 9.10. The third-order valence-electron chi connectivity index (χ3n) is 3.66. The minimum absolute atomic E-state index is 0.235. The number of alkyl halides is 3. The van der Waals surface area contributed by atoms with Gasteiger partial charge in [0.15, 0.2) is 5.69 Å². The fourth-order valence-electron chi connectivity index (χ4n) is 2.47. The summed E-state index contributed by atoms with van der Waals surface area (Å²) >= 11 is 4.37. The second-order valence-corrected chi connectivity index (χ2v) is 7.36. The van der Waals surface area contributed by atoms with E-state index in [0.717, 1.165) is 26.6 Å². The Morgan fingerprint density at radius 1 is 1.00 bits per heavy atom. The zero-order valence-electron chi connectivity index (χ0n) is 12.8. The molecule has 9 heteroatoms. The van der Waals surface area contributed by atoms with E-state index in [9.17, 15) is 17.6 Å². The summed E-state index contributed by atoms with van der Waals surface area (Å²) in [5.74, 6) is -0.433. The van der Waals surface area contributed by atoms with Gasteiger partial charge in [0.05, 0.1) is 15.9 Å². The van der Waals surface area contributed by atoms with Gasteiger partial charge >= 0.3 is 6.18 Å². The van der Waals surface area contributed by atoms with E-state index in [1.807, 2.05) is 0 Å². The fourth-order valence-corrected chi connectivity index (χ4v) is 3.69. The minimum atomic E-state index is -4.59. The van der Waals surface area contributed by atoms with Gasteiger partial charge in [-0.25, -0.2) is 14.1 Å². The van der Waals surface area contributed by atoms with E-state index in [1.165, 1.54) is 18.2 Å². The first-order valence-electron chi connectivity index (χ1n) is 7.31. The molecule has 0 spiro atoms. The molecule has 3 nitrogen and oxygen atoms in total. The van der Waals surface area contributed by atoms with Gasteiger partial charge < -0.3 is 0 Å². The second kappa shape index (κ2) is 6.17. The number of thiazole rings is 1. The van der Waals surface area contributed by atoms with Crippen LogP contribution in [0.3, 0.4) is 0 Å². The summed E-state index contributed by atoms with van der Waals surface area (Å²) in [5.41, 5.74) is 0.295. The van der Waals surface area contributed by atoms with Crippen LogP contribution in [0.15, 0.2) is 53.0 Å². The SMILES string of the molecule is Fc1ccc2nc(-n3nc(C(F)(F)F)cc3-c3ccc(Br)cc3)sc2c1. The zero-order chi connectivity index (χ0) is 18.5. The van der Waals surface area contributed by atoms with Crippen molar-refractivity contribution in [2.45, 2.75) is 6.18 Å². The van der Waals surface area contributed by atoms with Gasteiger partial charge in [0, 0.05) is 10.0 Å². The molecule has 2 aromatic carbocycles. The Morgan fingerprint density at radius 3 is 2.42 bits per heavy atom. The van der Waals surface area contributed by atoms with Crippen LogP contribution in [-0.2, 0) is 6.18 Å². The number of hydrogen-bond donors (Lipinski definition) is 0. The molecule has 0 unspecified atom stereocenters. The van der Waals surface area contributed by atoms with Crippen LogP contribution in [-0.4, -0.2) is 14.8 Å². The molecular weight excluding hydrogens is 434 g/mol. The molecule has 26 heavy (non-hydrogen) atoms. The maximum absolute atomic E-state index is 13.4. The number of aromatic nitrogens is 3. The second-order valence-electron chi connectivity index (χ2n) is 5.44. The highest BCUT2D eigenvalue weighted by Gasteiger charge is 2.35. The van der Waals surface area contributed by atoms with Crippen LogP contribution < -0.4 is 0 Å². The lowest BCUT2D eigenvalue weighted by Crippen LogP contribution is -2.07. The van der Waals surface area contributed by atoms with E-state index in [4.69, 9.17) is 0 Å². The molecule has 0 saturated heterocycles. The van der Waals surface area contributed by atoms with E-state index in [0.29, 0.717) is 15.8 Å². The molecule has 0 saturated carbocycles. The summed E-state index contributed by atoms with van der Waals surface area (Å²) in [6.07, 6.45) is -4.59. The summed E-state index contributed by atoms with van der Waals surface area (Å²) in [4.78, 5) is 4.30. The fraction of sp³-hybridized carbons (Fsp3) is 0.0588. The molecule has 0 aliphatic heterocycles. The van der Waals surface area contributed by atoms with Crippen LogP contribution in [0.4, 0.5) is 17.6 Å². The van der Waals surface area contributed by atoms with Crippen LogP contribution >= 0.6 is 27.3 Å². The molecule has 2 aromatic heterocycles. The summed E-state index contributed by atoms with van der Waals surface area (Å²) in [6.45, 7) is 0. The Labute approximate surface area is 157 Å². The standard InChI is InChI=1S/C17H8BrF4N3S/c18-10-3-1-9(2-4-10)13-8-15(17(20,21)22)24-25(13)16-23-12-6-5-11(19)7-14(12)26-16/h1-8H. The Kier molecular flexibility index (Phi) is 4.07. The minimum Gasteiger partial charge on any atom is -0.218 e. The molecule has 0 atom stereocenters. The van der Waals surface area contributed by atoms with Gasteiger partial charge in [-0.2, -0.15) is 18.3 Å². The number of hydrogen-bond acceptors (Lipinski definition) is 3. The summed E-state index contributed by atoms with van der Waals surface area (Å²) in [5, 5.41) is 3.94. The van der Waals surface area contributed by atoms with Crippen molar-refractivity contribution in [1.29, 1.82) is 0 Å². The molecule has 132 valence electrons. The number of halogens is 5.